The molecule has 178 valence electrons. The van der Waals surface area contributed by atoms with Crippen LogP contribution >= 0.6 is 0 Å². The zero-order valence-electron chi connectivity index (χ0n) is 17.5. The van der Waals surface area contributed by atoms with Crippen LogP contribution in [0.2, 0.25) is 0 Å². The number of methoxy groups -OCH3 is 1. The van der Waals surface area contributed by atoms with Gasteiger partial charge in [0, 0.05) is 0 Å². The fourth-order valence-electron chi connectivity index (χ4n) is 2.06. The average Bonchev–Trinajstić information content (AvgIpc) is 2.82. The quantitative estimate of drug-likeness (QED) is 0.212. The minimum atomic E-state index is -2.22. The summed E-state index contributed by atoms with van der Waals surface area (Å²) in [5, 5.41) is 37.9. The summed E-state index contributed by atoms with van der Waals surface area (Å²) in [7, 11) is 0.944. The number of esters is 4. The number of carbonyl (C=O) groups excluding carboxylic acids is 4. The van der Waals surface area contributed by atoms with Crippen molar-refractivity contribution >= 4 is 23.9 Å². The van der Waals surface area contributed by atoms with E-state index in [1.807, 2.05) is 0 Å². The Balaban J connectivity index is 2.45. The number of rotatable bonds is 12. The van der Waals surface area contributed by atoms with E-state index in [-0.39, 0.29) is 17.7 Å². The molecule has 0 aliphatic heterocycles. The van der Waals surface area contributed by atoms with E-state index in [4.69, 9.17) is 9.47 Å². The first-order chi connectivity index (χ1) is 15.1. The molecule has 0 aliphatic rings. The summed E-state index contributed by atoms with van der Waals surface area (Å²) in [5.41, 5.74) is 0.223. The number of aliphatic hydroxyl groups excluding tert-OH is 4. The molecule has 0 bridgehead atoms. The first-order valence-corrected chi connectivity index (χ1v) is 9.51. The Labute approximate surface area is 183 Å². The van der Waals surface area contributed by atoms with Gasteiger partial charge in [-0.2, -0.15) is 0 Å². The van der Waals surface area contributed by atoms with E-state index < -0.39 is 61.5 Å². The zero-order chi connectivity index (χ0) is 24.3. The molecule has 0 saturated carbocycles. The molecule has 32 heavy (non-hydrogen) atoms. The van der Waals surface area contributed by atoms with Gasteiger partial charge in [0.1, 0.15) is 25.9 Å². The fraction of sp³-hybridized carbons (Fsp3) is 0.500. The summed E-state index contributed by atoms with van der Waals surface area (Å²) in [6, 6.07) is 5.24. The van der Waals surface area contributed by atoms with Crippen LogP contribution in [0.3, 0.4) is 0 Å². The highest BCUT2D eigenvalue weighted by Crippen LogP contribution is 2.09. The molecule has 0 heterocycles. The SMILES string of the molecule is CCC(O)COC(=O)c1ccc(C(=O)OCC(O)COC(=O)C(O)C(O)C(=O)OC)cc1. The van der Waals surface area contributed by atoms with Gasteiger partial charge >= 0.3 is 23.9 Å². The predicted molar refractivity (Wildman–Crippen MR) is 104 cm³/mol. The molecule has 0 aliphatic carbocycles. The Morgan fingerprint density at radius 3 is 1.56 bits per heavy atom. The number of aliphatic hydroxyl groups is 4. The molecule has 0 amide bonds. The van der Waals surface area contributed by atoms with Crippen molar-refractivity contribution in [3.63, 3.8) is 0 Å². The molecule has 0 spiro atoms. The van der Waals surface area contributed by atoms with E-state index in [0.717, 1.165) is 7.11 Å². The van der Waals surface area contributed by atoms with E-state index in [9.17, 15) is 39.6 Å². The van der Waals surface area contributed by atoms with Crippen LogP contribution in [0.4, 0.5) is 0 Å². The molecule has 0 aromatic heterocycles. The van der Waals surface area contributed by atoms with Gasteiger partial charge in [-0.3, -0.25) is 0 Å². The van der Waals surface area contributed by atoms with E-state index in [1.54, 1.807) is 6.92 Å². The molecule has 1 rings (SSSR count). The summed E-state index contributed by atoms with van der Waals surface area (Å²) in [6.45, 7) is 0.324. The second-order valence-corrected chi connectivity index (χ2v) is 6.53. The summed E-state index contributed by atoms with van der Waals surface area (Å²) < 4.78 is 18.5. The van der Waals surface area contributed by atoms with Crippen molar-refractivity contribution in [2.24, 2.45) is 0 Å². The minimum Gasteiger partial charge on any atom is -0.467 e. The van der Waals surface area contributed by atoms with E-state index in [1.165, 1.54) is 24.3 Å². The molecule has 4 N–H and O–H groups in total. The van der Waals surface area contributed by atoms with Gasteiger partial charge in [-0.1, -0.05) is 6.92 Å². The molecule has 1 aromatic rings. The summed E-state index contributed by atoms with van der Waals surface area (Å²) >= 11 is 0. The van der Waals surface area contributed by atoms with Crippen LogP contribution in [0.5, 0.6) is 0 Å². The lowest BCUT2D eigenvalue weighted by atomic mass is 10.1. The van der Waals surface area contributed by atoms with Gasteiger partial charge in [-0.15, -0.1) is 0 Å². The second-order valence-electron chi connectivity index (χ2n) is 6.53. The average molecular weight is 458 g/mol. The number of ether oxygens (including phenoxy) is 4. The van der Waals surface area contributed by atoms with Gasteiger partial charge in [-0.05, 0) is 30.7 Å². The third-order valence-electron chi connectivity index (χ3n) is 4.04. The highest BCUT2D eigenvalue weighted by Gasteiger charge is 2.32. The van der Waals surface area contributed by atoms with Crippen LogP contribution in [-0.2, 0) is 28.5 Å². The second kappa shape index (κ2) is 13.4. The standard InChI is InChI=1S/C20H26O12/c1-3-13(21)8-30-17(25)11-4-6-12(7-5-11)18(26)31-9-14(22)10-32-20(28)16(24)15(23)19(27)29-2/h4-7,13-16,21-24H,3,8-10H2,1-2H3. The largest absolute Gasteiger partial charge is 0.467 e. The van der Waals surface area contributed by atoms with Gasteiger partial charge in [0.05, 0.1) is 24.3 Å². The van der Waals surface area contributed by atoms with Crippen molar-refractivity contribution < 1.29 is 58.6 Å². The Morgan fingerprint density at radius 1 is 0.719 bits per heavy atom. The third-order valence-corrected chi connectivity index (χ3v) is 4.04. The van der Waals surface area contributed by atoms with Gasteiger partial charge in [0.15, 0.2) is 12.2 Å². The van der Waals surface area contributed by atoms with Crippen LogP contribution in [0, 0.1) is 0 Å². The lowest BCUT2D eigenvalue weighted by Gasteiger charge is -2.16. The van der Waals surface area contributed by atoms with Crippen LogP contribution < -0.4 is 0 Å². The fourth-order valence-corrected chi connectivity index (χ4v) is 2.06. The van der Waals surface area contributed by atoms with Gasteiger partial charge in [0.25, 0.3) is 0 Å². The van der Waals surface area contributed by atoms with Crippen LogP contribution in [0.1, 0.15) is 34.1 Å². The van der Waals surface area contributed by atoms with Crippen LogP contribution in [0.15, 0.2) is 24.3 Å². The van der Waals surface area contributed by atoms with E-state index >= 15 is 0 Å². The first kappa shape index (κ1) is 27.0. The number of hydrogen-bond acceptors (Lipinski definition) is 12. The smallest absolute Gasteiger partial charge is 0.338 e. The monoisotopic (exact) mass is 458 g/mol. The summed E-state index contributed by atoms with van der Waals surface area (Å²) in [4.78, 5) is 46.5. The van der Waals surface area contributed by atoms with Crippen molar-refractivity contribution in [3.8, 4) is 0 Å². The predicted octanol–water partition coefficient (Wildman–Crippen LogP) is -1.43. The maximum Gasteiger partial charge on any atom is 0.338 e. The Morgan fingerprint density at radius 2 is 1.12 bits per heavy atom. The van der Waals surface area contributed by atoms with Gasteiger partial charge < -0.3 is 39.4 Å². The number of benzene rings is 1. The molecule has 12 heteroatoms. The Hall–Kier alpha value is -3.06. The lowest BCUT2D eigenvalue weighted by Crippen LogP contribution is -2.42. The molecule has 0 fully saturated rings. The highest BCUT2D eigenvalue weighted by atomic mass is 16.6. The molecule has 0 radical (unpaired) electrons. The van der Waals surface area contributed by atoms with Crippen molar-refractivity contribution in [2.75, 3.05) is 26.9 Å². The topological polar surface area (TPSA) is 186 Å². The van der Waals surface area contributed by atoms with Crippen LogP contribution in [-0.4, -0.2) is 95.6 Å². The lowest BCUT2D eigenvalue weighted by molar-refractivity contribution is -0.173. The molecule has 0 saturated heterocycles. The maximum absolute atomic E-state index is 12.0. The zero-order valence-corrected chi connectivity index (χ0v) is 17.5. The van der Waals surface area contributed by atoms with Gasteiger partial charge in [0.2, 0.25) is 0 Å². The molecule has 4 unspecified atom stereocenters. The molecule has 1 aromatic carbocycles. The number of hydrogen-bond donors (Lipinski definition) is 4. The first-order valence-electron chi connectivity index (χ1n) is 9.51. The molecule has 12 nitrogen and oxygen atoms in total. The van der Waals surface area contributed by atoms with Crippen LogP contribution in [0.25, 0.3) is 0 Å². The van der Waals surface area contributed by atoms with Gasteiger partial charge in [-0.25, -0.2) is 19.2 Å². The minimum absolute atomic E-state index is 0.0657. The summed E-state index contributed by atoms with van der Waals surface area (Å²) in [5.74, 6) is -4.14. The third kappa shape index (κ3) is 8.59. The molecular weight excluding hydrogens is 432 g/mol. The highest BCUT2D eigenvalue weighted by molar-refractivity contribution is 5.93. The van der Waals surface area contributed by atoms with Crippen molar-refractivity contribution in [2.45, 2.75) is 37.8 Å². The molecular formula is C20H26O12. The molecule has 4 atom stereocenters. The van der Waals surface area contributed by atoms with Crippen molar-refractivity contribution in [1.29, 1.82) is 0 Å². The van der Waals surface area contributed by atoms with E-state index in [2.05, 4.69) is 9.47 Å². The maximum atomic E-state index is 12.0. The van der Waals surface area contributed by atoms with Crippen molar-refractivity contribution in [1.82, 2.24) is 0 Å². The normalized spacial score (nSPS) is 14.4. The Bertz CT molecular complexity index is 775. The van der Waals surface area contributed by atoms with E-state index in [0.29, 0.717) is 6.42 Å². The summed E-state index contributed by atoms with van der Waals surface area (Å²) in [6.07, 6.45) is -6.16. The Kier molecular flexibility index (Phi) is 11.3. The number of carbonyl (C=O) groups is 4. The van der Waals surface area contributed by atoms with Crippen molar-refractivity contribution in [3.05, 3.63) is 35.4 Å².